The van der Waals surface area contributed by atoms with Gasteiger partial charge in [-0.3, -0.25) is 4.79 Å². The van der Waals surface area contributed by atoms with Gasteiger partial charge in [0, 0.05) is 13.1 Å². The van der Waals surface area contributed by atoms with Gasteiger partial charge in [0.2, 0.25) is 0 Å². The molecule has 7 heteroatoms. The fraction of sp³-hybridized carbons (Fsp3) is 0.476. The molecule has 6 nitrogen and oxygen atoms in total. The fourth-order valence-electron chi connectivity index (χ4n) is 3.36. The van der Waals surface area contributed by atoms with E-state index >= 15 is 0 Å². The number of carbonyl (C=O) groups is 2. The van der Waals surface area contributed by atoms with E-state index in [1.165, 1.54) is 37.1 Å². The van der Waals surface area contributed by atoms with Crippen LogP contribution in [0.1, 0.15) is 44.6 Å². The molecule has 0 aliphatic heterocycles. The summed E-state index contributed by atoms with van der Waals surface area (Å²) < 4.78 is 23.7. The molecule has 28 heavy (non-hydrogen) atoms. The van der Waals surface area contributed by atoms with Crippen molar-refractivity contribution in [1.82, 2.24) is 4.90 Å². The van der Waals surface area contributed by atoms with Gasteiger partial charge in [-0.05, 0) is 43.5 Å². The van der Waals surface area contributed by atoms with Crippen molar-refractivity contribution in [2.24, 2.45) is 0 Å². The van der Waals surface area contributed by atoms with Crippen molar-refractivity contribution in [2.45, 2.75) is 50.7 Å². The zero-order valence-corrected chi connectivity index (χ0v) is 16.4. The highest BCUT2D eigenvalue weighted by Gasteiger charge is 2.40. The summed E-state index contributed by atoms with van der Waals surface area (Å²) >= 11 is 0. The Morgan fingerprint density at radius 3 is 2.57 bits per heavy atom. The van der Waals surface area contributed by atoms with Crippen LogP contribution in [0.15, 0.2) is 24.3 Å². The van der Waals surface area contributed by atoms with Gasteiger partial charge >= 0.3 is 5.97 Å². The summed E-state index contributed by atoms with van der Waals surface area (Å²) in [5.74, 6) is -1.57. The molecule has 0 unspecified atom stereocenters. The van der Waals surface area contributed by atoms with Crippen LogP contribution in [-0.2, 0) is 14.3 Å². The Balaban J connectivity index is 1.98. The maximum atomic E-state index is 13.7. The number of carbonyl (C=O) groups excluding carboxylic acids is 2. The zero-order chi connectivity index (χ0) is 20.7. The lowest BCUT2D eigenvalue weighted by Gasteiger charge is -2.39. The van der Waals surface area contributed by atoms with Gasteiger partial charge in [0.1, 0.15) is 5.54 Å². The molecular formula is C21H25FN2O4. The number of likely N-dealkylation sites (N-methyl/N-ethyl adjacent to an activating group) is 1. The molecule has 0 aromatic heterocycles. The summed E-state index contributed by atoms with van der Waals surface area (Å²) in [6, 6.07) is 6.54. The molecule has 0 heterocycles. The first-order valence-electron chi connectivity index (χ1n) is 9.24. The second-order valence-electron chi connectivity index (χ2n) is 6.91. The monoisotopic (exact) mass is 388 g/mol. The zero-order valence-electron chi connectivity index (χ0n) is 16.4. The second kappa shape index (κ2) is 9.36. The molecule has 1 aliphatic rings. The quantitative estimate of drug-likeness (QED) is 0.551. The van der Waals surface area contributed by atoms with Crippen LogP contribution < -0.4 is 4.74 Å². The van der Waals surface area contributed by atoms with E-state index in [9.17, 15) is 19.2 Å². The van der Waals surface area contributed by atoms with Crippen LogP contribution in [0.2, 0.25) is 0 Å². The molecule has 1 aliphatic carbocycles. The number of methoxy groups -OCH3 is 1. The van der Waals surface area contributed by atoms with Crippen LogP contribution in [0.3, 0.4) is 0 Å². The van der Waals surface area contributed by atoms with Crippen molar-refractivity contribution in [2.75, 3.05) is 14.2 Å². The molecule has 1 saturated carbocycles. The molecule has 150 valence electrons. The van der Waals surface area contributed by atoms with Crippen molar-refractivity contribution in [1.29, 1.82) is 5.26 Å². The first-order chi connectivity index (χ1) is 13.3. The predicted octanol–water partition coefficient (Wildman–Crippen LogP) is 3.46. The fourth-order valence-corrected chi connectivity index (χ4v) is 3.36. The molecule has 1 atom stereocenters. The summed E-state index contributed by atoms with van der Waals surface area (Å²) in [6.45, 7) is 1.48. The van der Waals surface area contributed by atoms with E-state index in [1.54, 1.807) is 13.1 Å². The maximum absolute atomic E-state index is 13.7. The smallest absolute Gasteiger partial charge is 0.331 e. The summed E-state index contributed by atoms with van der Waals surface area (Å²) in [5.41, 5.74) is -0.385. The largest absolute Gasteiger partial charge is 0.494 e. The number of rotatable bonds is 6. The first-order valence-corrected chi connectivity index (χ1v) is 9.24. The Hall–Kier alpha value is -2.88. The molecular weight excluding hydrogens is 363 g/mol. The van der Waals surface area contributed by atoms with Crippen LogP contribution >= 0.6 is 0 Å². The molecule has 2 rings (SSSR count). The minimum absolute atomic E-state index is 0.108. The van der Waals surface area contributed by atoms with Crippen molar-refractivity contribution in [3.63, 3.8) is 0 Å². The van der Waals surface area contributed by atoms with Gasteiger partial charge in [0.25, 0.3) is 5.91 Å². The minimum atomic E-state index is -1.03. The van der Waals surface area contributed by atoms with Crippen molar-refractivity contribution >= 4 is 18.0 Å². The standard InChI is InChI=1S/C21H25FN2O4/c1-15(20(26)24(2)21(14-23)11-5-4-6-12-21)28-19(25)10-8-16-7-9-18(27-3)17(22)13-16/h7-10,13,15H,4-6,11-12H2,1-3H3/b10-8+/t15-/m0/s1. The first kappa shape index (κ1) is 21.4. The molecule has 0 spiro atoms. The lowest BCUT2D eigenvalue weighted by molar-refractivity contribution is -0.157. The molecule has 1 amide bonds. The van der Waals surface area contributed by atoms with Crippen LogP contribution in [0.25, 0.3) is 6.08 Å². The Labute approximate surface area is 164 Å². The van der Waals surface area contributed by atoms with Crippen molar-refractivity contribution < 1.29 is 23.5 Å². The van der Waals surface area contributed by atoms with E-state index in [-0.39, 0.29) is 5.75 Å². The van der Waals surface area contributed by atoms with Crippen LogP contribution in [0, 0.1) is 17.1 Å². The molecule has 0 N–H and O–H groups in total. The lowest BCUT2D eigenvalue weighted by atomic mass is 9.81. The van der Waals surface area contributed by atoms with Gasteiger partial charge in [0.05, 0.1) is 13.2 Å². The van der Waals surface area contributed by atoms with Gasteiger partial charge in [-0.25, -0.2) is 9.18 Å². The third-order valence-corrected chi connectivity index (χ3v) is 5.09. The van der Waals surface area contributed by atoms with Gasteiger partial charge in [-0.1, -0.05) is 25.3 Å². The summed E-state index contributed by atoms with van der Waals surface area (Å²) in [7, 11) is 2.95. The van der Waals surface area contributed by atoms with Crippen LogP contribution in [0.4, 0.5) is 4.39 Å². The van der Waals surface area contributed by atoms with Crippen LogP contribution in [-0.4, -0.2) is 42.6 Å². The van der Waals surface area contributed by atoms with E-state index in [0.29, 0.717) is 18.4 Å². The number of hydrogen-bond acceptors (Lipinski definition) is 5. The predicted molar refractivity (Wildman–Crippen MR) is 102 cm³/mol. The highest BCUT2D eigenvalue weighted by Crippen LogP contribution is 2.32. The highest BCUT2D eigenvalue weighted by atomic mass is 19.1. The normalized spacial score (nSPS) is 16.8. The number of esters is 1. The third-order valence-electron chi connectivity index (χ3n) is 5.09. The molecule has 1 fully saturated rings. The van der Waals surface area contributed by atoms with E-state index in [0.717, 1.165) is 25.3 Å². The van der Waals surface area contributed by atoms with Gasteiger partial charge < -0.3 is 14.4 Å². The van der Waals surface area contributed by atoms with Gasteiger partial charge in [-0.2, -0.15) is 5.26 Å². The minimum Gasteiger partial charge on any atom is -0.494 e. The van der Waals surface area contributed by atoms with E-state index in [4.69, 9.17) is 9.47 Å². The average molecular weight is 388 g/mol. The van der Waals surface area contributed by atoms with E-state index in [2.05, 4.69) is 6.07 Å². The number of nitrogens with zero attached hydrogens (tertiary/aromatic N) is 2. The third kappa shape index (κ3) is 4.89. The maximum Gasteiger partial charge on any atom is 0.331 e. The number of nitriles is 1. The Morgan fingerprint density at radius 1 is 1.32 bits per heavy atom. The number of benzene rings is 1. The number of amides is 1. The van der Waals surface area contributed by atoms with Crippen molar-refractivity contribution in [3.05, 3.63) is 35.7 Å². The van der Waals surface area contributed by atoms with E-state index in [1.807, 2.05) is 0 Å². The summed E-state index contributed by atoms with van der Waals surface area (Å²) in [6.07, 6.45) is 5.57. The molecule has 1 aromatic carbocycles. The summed E-state index contributed by atoms with van der Waals surface area (Å²) in [4.78, 5) is 26.1. The van der Waals surface area contributed by atoms with Gasteiger partial charge in [-0.15, -0.1) is 0 Å². The molecule has 1 aromatic rings. The number of ether oxygens (including phenoxy) is 2. The number of halogens is 1. The summed E-state index contributed by atoms with van der Waals surface area (Å²) in [5, 5.41) is 9.59. The SMILES string of the molecule is COc1ccc(/C=C/C(=O)O[C@@H](C)C(=O)N(C)C2(C#N)CCCCC2)cc1F. The average Bonchev–Trinajstić information content (AvgIpc) is 2.71. The van der Waals surface area contributed by atoms with Crippen molar-refractivity contribution in [3.8, 4) is 11.8 Å². The van der Waals surface area contributed by atoms with E-state index < -0.39 is 29.3 Å². The molecule has 0 saturated heterocycles. The Bertz CT molecular complexity index is 794. The lowest BCUT2D eigenvalue weighted by Crippen LogP contribution is -2.53. The number of hydrogen-bond donors (Lipinski definition) is 0. The van der Waals surface area contributed by atoms with Crippen LogP contribution in [0.5, 0.6) is 5.75 Å². The second-order valence-corrected chi connectivity index (χ2v) is 6.91. The topological polar surface area (TPSA) is 79.6 Å². The highest BCUT2D eigenvalue weighted by molar-refractivity contribution is 5.90. The molecule has 0 radical (unpaired) electrons. The Morgan fingerprint density at radius 2 is 2.00 bits per heavy atom. The Kier molecular flexibility index (Phi) is 7.16. The molecule has 0 bridgehead atoms. The van der Waals surface area contributed by atoms with Gasteiger partial charge in [0.15, 0.2) is 17.7 Å².